The molecule has 1 N–H and O–H groups in total. The molecule has 8 heteroatoms. The van der Waals surface area contributed by atoms with Crippen LogP contribution < -0.4 is 0 Å². The summed E-state index contributed by atoms with van der Waals surface area (Å²) < 4.78 is 0. The van der Waals surface area contributed by atoms with Gasteiger partial charge in [0.25, 0.3) is 0 Å². The molecule has 0 saturated carbocycles. The molecule has 3 rings (SSSR count). The van der Waals surface area contributed by atoms with Crippen LogP contribution in [-0.2, 0) is 0 Å². The number of halogens is 4. The highest BCUT2D eigenvalue weighted by Crippen LogP contribution is 2.38. The van der Waals surface area contributed by atoms with E-state index in [2.05, 4.69) is 4.98 Å². The number of hydrogen-bond donors (Lipinski definition) is 1. The van der Waals surface area contributed by atoms with E-state index in [9.17, 15) is 10.1 Å². The third kappa shape index (κ3) is 3.23. The van der Waals surface area contributed by atoms with Crippen LogP contribution in [0.2, 0.25) is 20.1 Å². The third-order valence-corrected chi connectivity index (χ3v) is 4.92. The molecule has 1 heterocycles. The lowest BCUT2D eigenvalue weighted by atomic mass is 10.1. The predicted molar refractivity (Wildman–Crippen MR) is 98.4 cm³/mol. The Bertz CT molecular complexity index is 953. The Morgan fingerprint density at radius 3 is 1.88 bits per heavy atom. The molecule has 0 amide bonds. The topological polar surface area (TPSA) is 58.9 Å². The minimum absolute atomic E-state index is 0.144. The Morgan fingerprint density at radius 1 is 0.792 bits per heavy atom. The van der Waals surface area contributed by atoms with Gasteiger partial charge in [0.05, 0.1) is 25.7 Å². The Kier molecular flexibility index (Phi) is 4.74. The monoisotopic (exact) mass is 400 g/mol. The first kappa shape index (κ1) is 17.1. The summed E-state index contributed by atoms with van der Waals surface area (Å²) in [4.78, 5) is 13.7. The first-order valence-corrected chi connectivity index (χ1v) is 8.16. The van der Waals surface area contributed by atoms with Crippen LogP contribution in [0.15, 0.2) is 42.5 Å². The summed E-state index contributed by atoms with van der Waals surface area (Å²) >= 11 is 23.8. The second-order valence-corrected chi connectivity index (χ2v) is 6.59. The van der Waals surface area contributed by atoms with Crippen molar-refractivity contribution in [3.05, 3.63) is 72.7 Å². The van der Waals surface area contributed by atoms with Gasteiger partial charge < -0.3 is 10.1 Å². The molecule has 0 fully saturated rings. The van der Waals surface area contributed by atoms with Crippen molar-refractivity contribution in [2.24, 2.45) is 0 Å². The van der Waals surface area contributed by atoms with Gasteiger partial charge in [0.15, 0.2) is 0 Å². The summed E-state index contributed by atoms with van der Waals surface area (Å²) in [5, 5.41) is 12.9. The lowest BCUT2D eigenvalue weighted by Crippen LogP contribution is -1.90. The average Bonchev–Trinajstić information content (AvgIpc) is 2.98. The van der Waals surface area contributed by atoms with Crippen molar-refractivity contribution >= 4 is 52.2 Å². The molecule has 2 aromatic carbocycles. The smallest absolute Gasteiger partial charge is 0.329 e. The Morgan fingerprint density at radius 2 is 1.33 bits per heavy atom. The molecular formula is C16H8Cl4N2O2. The maximum Gasteiger partial charge on any atom is 0.329 e. The van der Waals surface area contributed by atoms with Gasteiger partial charge in [-0.2, -0.15) is 0 Å². The van der Waals surface area contributed by atoms with Crippen LogP contribution in [0, 0.1) is 10.1 Å². The number of aromatic amines is 1. The zero-order chi connectivity index (χ0) is 17.4. The van der Waals surface area contributed by atoms with Crippen molar-refractivity contribution in [2.45, 2.75) is 0 Å². The summed E-state index contributed by atoms with van der Waals surface area (Å²) in [5.41, 5.74) is 2.21. The van der Waals surface area contributed by atoms with Crippen LogP contribution in [0.25, 0.3) is 22.4 Å². The molecule has 122 valence electrons. The van der Waals surface area contributed by atoms with Crippen molar-refractivity contribution < 1.29 is 4.92 Å². The molecule has 24 heavy (non-hydrogen) atoms. The lowest BCUT2D eigenvalue weighted by Gasteiger charge is -2.01. The molecule has 0 aliphatic heterocycles. The van der Waals surface area contributed by atoms with Gasteiger partial charge in [0.1, 0.15) is 5.69 Å². The van der Waals surface area contributed by atoms with Crippen LogP contribution in [0.1, 0.15) is 0 Å². The number of H-pyrrole nitrogens is 1. The summed E-state index contributed by atoms with van der Waals surface area (Å²) in [6.07, 6.45) is 0. The van der Waals surface area contributed by atoms with Crippen LogP contribution in [0.3, 0.4) is 0 Å². The molecule has 0 radical (unpaired) electrons. The molecule has 0 atom stereocenters. The fraction of sp³-hybridized carbons (Fsp3) is 0. The summed E-state index contributed by atoms with van der Waals surface area (Å²) in [6.45, 7) is 0. The number of nitrogens with zero attached hydrogens (tertiary/aromatic N) is 1. The van der Waals surface area contributed by atoms with E-state index < -0.39 is 4.92 Å². The van der Waals surface area contributed by atoms with Crippen molar-refractivity contribution in [3.8, 4) is 22.4 Å². The number of rotatable bonds is 3. The fourth-order valence-corrected chi connectivity index (χ4v) is 2.89. The van der Waals surface area contributed by atoms with Gasteiger partial charge in [0.2, 0.25) is 0 Å². The number of nitro groups is 1. The molecule has 0 spiro atoms. The predicted octanol–water partition coefficient (Wildman–Crippen LogP) is 6.87. The first-order valence-electron chi connectivity index (χ1n) is 6.65. The highest BCUT2D eigenvalue weighted by molar-refractivity contribution is 6.42. The molecule has 0 aliphatic carbocycles. The van der Waals surface area contributed by atoms with Gasteiger partial charge in [0, 0.05) is 11.6 Å². The van der Waals surface area contributed by atoms with E-state index in [1.54, 1.807) is 42.5 Å². The Hall–Kier alpha value is -1.72. The standard InChI is InChI=1S/C16H8Cl4N2O2/c17-11-3-1-8(5-13(11)19)10-7-15(21-16(10)22(23)24)9-2-4-12(18)14(20)6-9/h1-7,21H. The quantitative estimate of drug-likeness (QED) is 0.384. The van der Waals surface area contributed by atoms with E-state index in [-0.39, 0.29) is 5.82 Å². The number of aromatic nitrogens is 1. The highest BCUT2D eigenvalue weighted by Gasteiger charge is 2.21. The summed E-state index contributed by atoms with van der Waals surface area (Å²) in [6, 6.07) is 11.5. The third-order valence-electron chi connectivity index (χ3n) is 3.44. The van der Waals surface area contributed by atoms with Gasteiger partial charge in [-0.05, 0) is 40.8 Å². The zero-order valence-corrected chi connectivity index (χ0v) is 14.8. The molecule has 0 aliphatic rings. The molecule has 0 bridgehead atoms. The van der Waals surface area contributed by atoms with E-state index in [1.807, 2.05) is 0 Å². The molecular weight excluding hydrogens is 394 g/mol. The van der Waals surface area contributed by atoms with Crippen molar-refractivity contribution in [1.82, 2.24) is 4.98 Å². The number of hydrogen-bond acceptors (Lipinski definition) is 2. The normalized spacial score (nSPS) is 10.8. The van der Waals surface area contributed by atoms with Crippen molar-refractivity contribution in [1.29, 1.82) is 0 Å². The molecule has 0 saturated heterocycles. The van der Waals surface area contributed by atoms with Crippen LogP contribution in [0.4, 0.5) is 5.82 Å². The van der Waals surface area contributed by atoms with Crippen LogP contribution in [0.5, 0.6) is 0 Å². The van der Waals surface area contributed by atoms with Crippen molar-refractivity contribution in [3.63, 3.8) is 0 Å². The molecule has 0 unspecified atom stereocenters. The van der Waals surface area contributed by atoms with Crippen LogP contribution >= 0.6 is 46.4 Å². The minimum atomic E-state index is -0.487. The first-order chi connectivity index (χ1) is 11.4. The average molecular weight is 402 g/mol. The van der Waals surface area contributed by atoms with E-state index in [1.165, 1.54) is 0 Å². The molecule has 1 aromatic heterocycles. The van der Waals surface area contributed by atoms with E-state index in [0.29, 0.717) is 42.5 Å². The summed E-state index contributed by atoms with van der Waals surface area (Å²) in [7, 11) is 0. The second kappa shape index (κ2) is 6.65. The van der Waals surface area contributed by atoms with Gasteiger partial charge in [-0.3, -0.25) is 0 Å². The fourth-order valence-electron chi connectivity index (χ4n) is 2.29. The van der Waals surface area contributed by atoms with Gasteiger partial charge in [-0.15, -0.1) is 0 Å². The maximum absolute atomic E-state index is 11.4. The highest BCUT2D eigenvalue weighted by atomic mass is 35.5. The Labute approximate surface area is 157 Å². The maximum atomic E-state index is 11.4. The lowest BCUT2D eigenvalue weighted by molar-refractivity contribution is -0.388. The number of benzene rings is 2. The largest absolute Gasteiger partial charge is 0.358 e. The van der Waals surface area contributed by atoms with Crippen LogP contribution in [-0.4, -0.2) is 9.91 Å². The van der Waals surface area contributed by atoms with Gasteiger partial charge in [-0.1, -0.05) is 52.5 Å². The summed E-state index contributed by atoms with van der Waals surface area (Å²) in [5.74, 6) is -0.144. The van der Waals surface area contributed by atoms with Gasteiger partial charge in [-0.25, -0.2) is 4.98 Å². The SMILES string of the molecule is O=[N+]([O-])c1[nH]c(-c2ccc(Cl)c(Cl)c2)cc1-c1ccc(Cl)c(Cl)c1. The zero-order valence-electron chi connectivity index (χ0n) is 11.8. The van der Waals surface area contributed by atoms with E-state index in [0.717, 1.165) is 0 Å². The van der Waals surface area contributed by atoms with E-state index in [4.69, 9.17) is 46.4 Å². The Balaban J connectivity index is 2.16. The molecule has 3 aromatic rings. The van der Waals surface area contributed by atoms with Crippen molar-refractivity contribution in [2.75, 3.05) is 0 Å². The molecule has 4 nitrogen and oxygen atoms in total. The van der Waals surface area contributed by atoms with E-state index >= 15 is 0 Å². The second-order valence-electron chi connectivity index (χ2n) is 4.96. The van der Waals surface area contributed by atoms with Gasteiger partial charge >= 0.3 is 5.82 Å². The number of nitrogens with one attached hydrogen (secondary N) is 1. The minimum Gasteiger partial charge on any atom is -0.358 e.